The monoisotopic (exact) mass is 577 g/mol. The van der Waals surface area contributed by atoms with Crippen LogP contribution in [0.5, 0.6) is 5.75 Å². The summed E-state index contributed by atoms with van der Waals surface area (Å²) in [5.74, 6) is -0.682. The number of benzene rings is 3. The second kappa shape index (κ2) is 13.0. The number of hydrogen-bond donors (Lipinski definition) is 1. The number of para-hydroxylation sites is 2. The lowest BCUT2D eigenvalue weighted by Crippen LogP contribution is -2.50. The number of ether oxygens (including phenoxy) is 1. The molecule has 3 aromatic carbocycles. The molecule has 3 aromatic rings. The highest BCUT2D eigenvalue weighted by Crippen LogP contribution is 2.33. The van der Waals surface area contributed by atoms with Gasteiger partial charge in [-0.1, -0.05) is 47.5 Å². The molecule has 0 bridgehead atoms. The number of nitrogens with one attached hydrogen (secondary N) is 1. The summed E-state index contributed by atoms with van der Waals surface area (Å²) in [6, 6.07) is 18.2. The summed E-state index contributed by atoms with van der Waals surface area (Å²) in [7, 11) is -2.77. The molecule has 2 amide bonds. The van der Waals surface area contributed by atoms with Gasteiger partial charge in [0.25, 0.3) is 10.0 Å². The molecule has 0 heterocycles. The van der Waals surface area contributed by atoms with Gasteiger partial charge in [-0.15, -0.1) is 0 Å². The van der Waals surface area contributed by atoms with Gasteiger partial charge in [-0.05, 0) is 67.9 Å². The maximum Gasteiger partial charge on any atom is 0.264 e. The number of anilines is 1. The van der Waals surface area contributed by atoms with E-state index in [0.29, 0.717) is 15.8 Å². The number of halogens is 2. The molecule has 1 atom stereocenters. The van der Waals surface area contributed by atoms with E-state index in [2.05, 4.69) is 5.32 Å². The van der Waals surface area contributed by atoms with Gasteiger partial charge in [0.2, 0.25) is 11.8 Å². The molecule has 8 nitrogen and oxygen atoms in total. The SMILES string of the molecule is CCOc1ccccc1N(CC(=O)N(Cc1ccc(Cl)cc1)[C@H](C)C(=O)NC)S(=O)(=O)c1ccc(Cl)cc1. The molecule has 0 aliphatic carbocycles. The molecule has 202 valence electrons. The van der Waals surface area contributed by atoms with Crippen molar-refractivity contribution in [3.8, 4) is 5.75 Å². The standard InChI is InChI=1S/C27H29Cl2N3O5S/c1-4-37-25-8-6-5-7-24(25)32(38(35,36)23-15-13-22(29)14-16-23)18-26(33)31(19(2)27(34)30-3)17-20-9-11-21(28)12-10-20/h5-16,19H,4,17-18H2,1-3H3,(H,30,34)/t19-/m1/s1. The van der Waals surface area contributed by atoms with Crippen LogP contribution in [0, 0.1) is 0 Å². The lowest BCUT2D eigenvalue weighted by Gasteiger charge is -2.32. The number of rotatable bonds is 11. The van der Waals surface area contributed by atoms with Crippen molar-refractivity contribution in [1.82, 2.24) is 10.2 Å². The fourth-order valence-electron chi connectivity index (χ4n) is 3.77. The summed E-state index contributed by atoms with van der Waals surface area (Å²) in [4.78, 5) is 27.6. The first kappa shape index (κ1) is 29.3. The number of hydrogen-bond acceptors (Lipinski definition) is 5. The highest BCUT2D eigenvalue weighted by atomic mass is 35.5. The fourth-order valence-corrected chi connectivity index (χ4v) is 5.44. The number of sulfonamides is 1. The Bertz CT molecular complexity index is 1370. The molecule has 0 fully saturated rings. The highest BCUT2D eigenvalue weighted by molar-refractivity contribution is 7.92. The summed E-state index contributed by atoms with van der Waals surface area (Å²) >= 11 is 12.0. The maximum atomic E-state index is 13.9. The molecule has 0 spiro atoms. The Morgan fingerprint density at radius 1 is 0.947 bits per heavy atom. The quantitative estimate of drug-likeness (QED) is 0.354. The number of nitrogens with zero attached hydrogens (tertiary/aromatic N) is 2. The van der Waals surface area contributed by atoms with E-state index in [4.69, 9.17) is 27.9 Å². The molecular weight excluding hydrogens is 549 g/mol. The zero-order valence-electron chi connectivity index (χ0n) is 21.2. The largest absolute Gasteiger partial charge is 0.492 e. The molecule has 11 heteroatoms. The van der Waals surface area contributed by atoms with E-state index >= 15 is 0 Å². The van der Waals surface area contributed by atoms with Crippen molar-refractivity contribution in [2.24, 2.45) is 0 Å². The van der Waals surface area contributed by atoms with Crippen LogP contribution in [0.1, 0.15) is 19.4 Å². The molecule has 0 saturated carbocycles. The van der Waals surface area contributed by atoms with Crippen molar-refractivity contribution in [3.63, 3.8) is 0 Å². The van der Waals surface area contributed by atoms with E-state index in [1.807, 2.05) is 0 Å². The normalized spacial score (nSPS) is 11.9. The molecule has 38 heavy (non-hydrogen) atoms. The third kappa shape index (κ3) is 6.98. The van der Waals surface area contributed by atoms with E-state index in [-0.39, 0.29) is 23.7 Å². The lowest BCUT2D eigenvalue weighted by molar-refractivity contribution is -0.139. The Labute approximate surface area is 233 Å². The van der Waals surface area contributed by atoms with Gasteiger partial charge in [0, 0.05) is 23.6 Å². The van der Waals surface area contributed by atoms with Crippen LogP contribution in [-0.4, -0.2) is 51.4 Å². The summed E-state index contributed by atoms with van der Waals surface area (Å²) in [6.07, 6.45) is 0. The minimum absolute atomic E-state index is 0.0513. The Kier molecular flexibility index (Phi) is 10.0. The molecule has 0 aliphatic heterocycles. The zero-order valence-corrected chi connectivity index (χ0v) is 23.6. The van der Waals surface area contributed by atoms with Crippen LogP contribution < -0.4 is 14.4 Å². The van der Waals surface area contributed by atoms with Crippen LogP contribution in [0.15, 0.2) is 77.7 Å². The third-order valence-corrected chi connectivity index (χ3v) is 8.07. The number of carbonyl (C=O) groups excluding carboxylic acids is 2. The van der Waals surface area contributed by atoms with Gasteiger partial charge in [0.1, 0.15) is 18.3 Å². The summed E-state index contributed by atoms with van der Waals surface area (Å²) < 4.78 is 34.4. The molecular formula is C27H29Cl2N3O5S. The summed E-state index contributed by atoms with van der Waals surface area (Å²) in [6.45, 7) is 3.13. The predicted octanol–water partition coefficient (Wildman–Crippen LogP) is 4.75. The first-order valence-corrected chi connectivity index (χ1v) is 14.0. The second-order valence-electron chi connectivity index (χ2n) is 8.30. The number of likely N-dealkylation sites (N-methyl/N-ethyl adjacent to an activating group) is 1. The number of amides is 2. The maximum absolute atomic E-state index is 13.9. The first-order valence-electron chi connectivity index (χ1n) is 11.8. The third-order valence-electron chi connectivity index (χ3n) is 5.79. The van der Waals surface area contributed by atoms with Crippen LogP contribution in [0.3, 0.4) is 0 Å². The minimum Gasteiger partial charge on any atom is -0.492 e. The molecule has 3 rings (SSSR count). The number of carbonyl (C=O) groups is 2. The van der Waals surface area contributed by atoms with Crippen molar-refractivity contribution in [2.45, 2.75) is 31.3 Å². The van der Waals surface area contributed by atoms with Gasteiger partial charge in [-0.25, -0.2) is 8.42 Å². The van der Waals surface area contributed by atoms with E-state index in [0.717, 1.165) is 9.87 Å². The van der Waals surface area contributed by atoms with Crippen LogP contribution in [0.4, 0.5) is 5.69 Å². The average Bonchev–Trinajstić information content (AvgIpc) is 2.91. The van der Waals surface area contributed by atoms with Gasteiger partial charge < -0.3 is 15.0 Å². The smallest absolute Gasteiger partial charge is 0.264 e. The van der Waals surface area contributed by atoms with E-state index in [9.17, 15) is 18.0 Å². The summed E-state index contributed by atoms with van der Waals surface area (Å²) in [5.41, 5.74) is 0.914. The van der Waals surface area contributed by atoms with Crippen LogP contribution in [-0.2, 0) is 26.2 Å². The van der Waals surface area contributed by atoms with Crippen molar-refractivity contribution >= 4 is 50.7 Å². The van der Waals surface area contributed by atoms with Crippen molar-refractivity contribution in [3.05, 3.63) is 88.4 Å². The van der Waals surface area contributed by atoms with Gasteiger partial charge in [0.05, 0.1) is 17.2 Å². The average molecular weight is 579 g/mol. The molecule has 1 N–H and O–H groups in total. The molecule has 0 aromatic heterocycles. The lowest BCUT2D eigenvalue weighted by atomic mass is 10.1. The van der Waals surface area contributed by atoms with Crippen molar-refractivity contribution < 1.29 is 22.7 Å². The fraction of sp³-hybridized carbons (Fsp3) is 0.259. The van der Waals surface area contributed by atoms with Gasteiger partial charge in [0.15, 0.2) is 0 Å². The van der Waals surface area contributed by atoms with E-state index in [1.165, 1.54) is 36.2 Å². The highest BCUT2D eigenvalue weighted by Gasteiger charge is 2.33. The topological polar surface area (TPSA) is 96.0 Å². The summed E-state index contributed by atoms with van der Waals surface area (Å²) in [5, 5.41) is 3.45. The second-order valence-corrected chi connectivity index (χ2v) is 11.0. The van der Waals surface area contributed by atoms with Crippen LogP contribution >= 0.6 is 23.2 Å². The van der Waals surface area contributed by atoms with E-state index in [1.54, 1.807) is 62.4 Å². The van der Waals surface area contributed by atoms with Crippen molar-refractivity contribution in [1.29, 1.82) is 0 Å². The molecule has 0 aliphatic rings. The Hall–Kier alpha value is -3.27. The Balaban J connectivity index is 2.08. The first-order chi connectivity index (χ1) is 18.1. The molecule has 0 radical (unpaired) electrons. The van der Waals surface area contributed by atoms with Crippen molar-refractivity contribution in [2.75, 3.05) is 24.5 Å². The molecule has 0 unspecified atom stereocenters. The van der Waals surface area contributed by atoms with Crippen LogP contribution in [0.2, 0.25) is 10.0 Å². The Morgan fingerprint density at radius 2 is 1.53 bits per heavy atom. The molecule has 0 saturated heterocycles. The van der Waals surface area contributed by atoms with Gasteiger partial charge in [-0.2, -0.15) is 0 Å². The zero-order chi connectivity index (χ0) is 27.9. The Morgan fingerprint density at radius 3 is 2.11 bits per heavy atom. The van der Waals surface area contributed by atoms with E-state index < -0.39 is 34.4 Å². The predicted molar refractivity (Wildman–Crippen MR) is 149 cm³/mol. The van der Waals surface area contributed by atoms with Crippen LogP contribution in [0.25, 0.3) is 0 Å². The minimum atomic E-state index is -4.24. The van der Waals surface area contributed by atoms with Gasteiger partial charge in [-0.3, -0.25) is 13.9 Å². The van der Waals surface area contributed by atoms with Gasteiger partial charge >= 0.3 is 0 Å².